The normalized spacial score (nSPS) is 12.0. The summed E-state index contributed by atoms with van der Waals surface area (Å²) in [6.45, 7) is 2.12. The van der Waals surface area contributed by atoms with Gasteiger partial charge in [-0.05, 0) is 25.7 Å². The van der Waals surface area contributed by atoms with Gasteiger partial charge in [0.15, 0.2) is 0 Å². The lowest BCUT2D eigenvalue weighted by Crippen LogP contribution is -1.98. The Labute approximate surface area is 139 Å². The van der Waals surface area contributed by atoms with Crippen LogP contribution in [0.25, 0.3) is 0 Å². The standard InChI is InChI=1S/C18H31NO4/c1-2-3-4-11-14-17(19(22)23)15-12-9-7-5-6-8-10-13-16-18(20)21/h9,12,15H,2-8,10-11,13-14,16H2,1H3,(H,20,21)/b12-9+,17-15+. The average molecular weight is 325 g/mol. The van der Waals surface area contributed by atoms with E-state index >= 15 is 0 Å². The van der Waals surface area contributed by atoms with Crippen LogP contribution in [0.4, 0.5) is 0 Å². The number of nitro groups is 1. The zero-order chi connectivity index (χ0) is 17.3. The molecule has 23 heavy (non-hydrogen) atoms. The largest absolute Gasteiger partial charge is 0.481 e. The van der Waals surface area contributed by atoms with Crippen LogP contribution in [0, 0.1) is 10.1 Å². The maximum Gasteiger partial charge on any atom is 0.303 e. The third-order valence-corrected chi connectivity index (χ3v) is 3.71. The molecule has 0 unspecified atom stereocenters. The lowest BCUT2D eigenvalue weighted by Gasteiger charge is -1.98. The molecule has 0 spiro atoms. The number of allylic oxidation sites excluding steroid dienone is 4. The Bertz CT molecular complexity index is 388. The number of rotatable bonds is 15. The molecule has 0 aliphatic rings. The van der Waals surface area contributed by atoms with Crippen molar-refractivity contribution >= 4 is 5.97 Å². The van der Waals surface area contributed by atoms with Gasteiger partial charge in [0.05, 0.1) is 4.92 Å². The Kier molecular flexibility index (Phi) is 14.2. The monoisotopic (exact) mass is 325 g/mol. The van der Waals surface area contributed by atoms with Crippen molar-refractivity contribution in [2.75, 3.05) is 0 Å². The molecule has 0 heterocycles. The lowest BCUT2D eigenvalue weighted by atomic mass is 10.1. The molecule has 0 aromatic rings. The molecule has 0 saturated carbocycles. The van der Waals surface area contributed by atoms with E-state index in [-0.39, 0.29) is 11.3 Å². The second-order valence-corrected chi connectivity index (χ2v) is 5.85. The molecule has 0 atom stereocenters. The molecule has 0 amide bonds. The summed E-state index contributed by atoms with van der Waals surface area (Å²) < 4.78 is 0. The van der Waals surface area contributed by atoms with E-state index in [2.05, 4.69) is 6.92 Å². The molecule has 0 aromatic heterocycles. The van der Waals surface area contributed by atoms with Crippen molar-refractivity contribution in [1.82, 2.24) is 0 Å². The fourth-order valence-corrected chi connectivity index (χ4v) is 2.31. The molecule has 1 N–H and O–H groups in total. The maximum atomic E-state index is 10.9. The fraction of sp³-hybridized carbons (Fsp3) is 0.722. The van der Waals surface area contributed by atoms with Crippen molar-refractivity contribution in [3.05, 3.63) is 34.0 Å². The van der Waals surface area contributed by atoms with Crippen molar-refractivity contribution in [1.29, 1.82) is 0 Å². The smallest absolute Gasteiger partial charge is 0.303 e. The number of carboxylic acids is 1. The number of unbranched alkanes of at least 4 members (excludes halogenated alkanes) is 8. The van der Waals surface area contributed by atoms with E-state index < -0.39 is 5.97 Å². The highest BCUT2D eigenvalue weighted by molar-refractivity contribution is 5.66. The Hall–Kier alpha value is -1.65. The van der Waals surface area contributed by atoms with Crippen LogP contribution in [-0.2, 0) is 4.79 Å². The van der Waals surface area contributed by atoms with Crippen LogP contribution in [0.15, 0.2) is 23.9 Å². The zero-order valence-corrected chi connectivity index (χ0v) is 14.3. The summed E-state index contributed by atoms with van der Waals surface area (Å²) in [6.07, 6.45) is 16.2. The first-order valence-electron chi connectivity index (χ1n) is 8.79. The van der Waals surface area contributed by atoms with Crippen LogP contribution < -0.4 is 0 Å². The predicted molar refractivity (Wildman–Crippen MR) is 92.9 cm³/mol. The van der Waals surface area contributed by atoms with Crippen LogP contribution in [-0.4, -0.2) is 16.0 Å². The quantitative estimate of drug-likeness (QED) is 0.187. The molecule has 0 radical (unpaired) electrons. The highest BCUT2D eigenvalue weighted by Gasteiger charge is 2.07. The van der Waals surface area contributed by atoms with Gasteiger partial charge in [-0.15, -0.1) is 0 Å². The fourth-order valence-electron chi connectivity index (χ4n) is 2.31. The van der Waals surface area contributed by atoms with Gasteiger partial charge in [-0.2, -0.15) is 0 Å². The molecule has 0 aliphatic heterocycles. The van der Waals surface area contributed by atoms with Gasteiger partial charge in [-0.1, -0.05) is 57.6 Å². The molecule has 5 nitrogen and oxygen atoms in total. The van der Waals surface area contributed by atoms with E-state index in [1.165, 1.54) is 0 Å². The number of hydrogen-bond donors (Lipinski definition) is 1. The average Bonchev–Trinajstić information content (AvgIpc) is 2.50. The third-order valence-electron chi connectivity index (χ3n) is 3.71. The summed E-state index contributed by atoms with van der Waals surface area (Å²) in [5.41, 5.74) is 0.297. The van der Waals surface area contributed by atoms with Crippen molar-refractivity contribution in [3.63, 3.8) is 0 Å². The molecule has 0 aliphatic carbocycles. The second kappa shape index (κ2) is 15.3. The van der Waals surface area contributed by atoms with Crippen molar-refractivity contribution in [3.8, 4) is 0 Å². The van der Waals surface area contributed by atoms with Crippen LogP contribution in [0.5, 0.6) is 0 Å². The Morgan fingerprint density at radius 1 is 1.00 bits per heavy atom. The Morgan fingerprint density at radius 2 is 1.61 bits per heavy atom. The molecule has 0 saturated heterocycles. The number of nitrogens with zero attached hydrogens (tertiary/aromatic N) is 1. The number of carbonyl (C=O) groups is 1. The first-order chi connectivity index (χ1) is 11.1. The molecule has 0 rings (SSSR count). The Morgan fingerprint density at radius 3 is 2.26 bits per heavy atom. The Balaban J connectivity index is 3.76. The van der Waals surface area contributed by atoms with Crippen LogP contribution in [0.3, 0.4) is 0 Å². The molecule has 5 heteroatoms. The minimum atomic E-state index is -0.726. The first kappa shape index (κ1) is 21.4. The van der Waals surface area contributed by atoms with Gasteiger partial charge >= 0.3 is 5.97 Å². The van der Waals surface area contributed by atoms with Gasteiger partial charge in [0, 0.05) is 18.9 Å². The molecular formula is C18H31NO4. The van der Waals surface area contributed by atoms with E-state index in [4.69, 9.17) is 5.11 Å². The van der Waals surface area contributed by atoms with Gasteiger partial charge in [0.25, 0.3) is 0 Å². The molecule has 0 bridgehead atoms. The van der Waals surface area contributed by atoms with Gasteiger partial charge in [0.2, 0.25) is 5.70 Å². The highest BCUT2D eigenvalue weighted by Crippen LogP contribution is 2.11. The lowest BCUT2D eigenvalue weighted by molar-refractivity contribution is -0.428. The second-order valence-electron chi connectivity index (χ2n) is 5.85. The van der Waals surface area contributed by atoms with Gasteiger partial charge in [-0.3, -0.25) is 14.9 Å². The minimum absolute atomic E-state index is 0.257. The highest BCUT2D eigenvalue weighted by atomic mass is 16.6. The zero-order valence-electron chi connectivity index (χ0n) is 14.3. The van der Waals surface area contributed by atoms with Gasteiger partial charge in [-0.25, -0.2) is 0 Å². The summed E-state index contributed by atoms with van der Waals surface area (Å²) in [7, 11) is 0. The minimum Gasteiger partial charge on any atom is -0.481 e. The maximum absolute atomic E-state index is 10.9. The van der Waals surface area contributed by atoms with Crippen LogP contribution in [0.2, 0.25) is 0 Å². The van der Waals surface area contributed by atoms with E-state index in [1.807, 2.05) is 6.08 Å². The molecule has 0 fully saturated rings. The van der Waals surface area contributed by atoms with Crippen LogP contribution >= 0.6 is 0 Å². The summed E-state index contributed by atoms with van der Waals surface area (Å²) in [5, 5.41) is 19.5. The molecular weight excluding hydrogens is 294 g/mol. The predicted octanol–water partition coefficient (Wildman–Crippen LogP) is 5.49. The summed E-state index contributed by atoms with van der Waals surface area (Å²) >= 11 is 0. The van der Waals surface area contributed by atoms with Gasteiger partial charge < -0.3 is 5.11 Å². The molecule has 0 aromatic carbocycles. The summed E-state index contributed by atoms with van der Waals surface area (Å²) in [6, 6.07) is 0. The summed E-state index contributed by atoms with van der Waals surface area (Å²) in [4.78, 5) is 21.0. The van der Waals surface area contributed by atoms with Crippen LogP contribution in [0.1, 0.15) is 84.0 Å². The van der Waals surface area contributed by atoms with Crippen molar-refractivity contribution in [2.45, 2.75) is 84.0 Å². The van der Waals surface area contributed by atoms with E-state index in [1.54, 1.807) is 12.2 Å². The van der Waals surface area contributed by atoms with E-state index in [0.29, 0.717) is 12.1 Å². The number of carboxylic acid groups (broad SMARTS) is 1. The topological polar surface area (TPSA) is 80.4 Å². The van der Waals surface area contributed by atoms with E-state index in [0.717, 1.165) is 64.2 Å². The van der Waals surface area contributed by atoms with Gasteiger partial charge in [0.1, 0.15) is 0 Å². The third kappa shape index (κ3) is 15.0. The molecule has 132 valence electrons. The number of aliphatic carboxylic acids is 1. The SMILES string of the molecule is CCCCCC/C(=C\C=C\CCCCCCCC(=O)O)[N+](=O)[O-]. The van der Waals surface area contributed by atoms with Crippen molar-refractivity contribution < 1.29 is 14.8 Å². The van der Waals surface area contributed by atoms with E-state index in [9.17, 15) is 14.9 Å². The summed E-state index contributed by atoms with van der Waals surface area (Å²) in [5.74, 6) is -0.726. The first-order valence-corrected chi connectivity index (χ1v) is 8.79. The number of hydrogen-bond acceptors (Lipinski definition) is 3. The van der Waals surface area contributed by atoms with Crippen molar-refractivity contribution in [2.24, 2.45) is 0 Å².